The van der Waals surface area contributed by atoms with E-state index in [1.807, 2.05) is 6.92 Å². The fraction of sp³-hybridized carbons (Fsp3) is 0.444. The van der Waals surface area contributed by atoms with Gasteiger partial charge < -0.3 is 4.90 Å². The van der Waals surface area contributed by atoms with Crippen molar-refractivity contribution in [1.29, 1.82) is 0 Å². The summed E-state index contributed by atoms with van der Waals surface area (Å²) < 4.78 is 37.2. The number of aromatic nitrogens is 1. The predicted octanol–water partition coefficient (Wildman–Crippen LogP) is 3.21. The average molecular weight is 239 g/mol. The summed E-state index contributed by atoms with van der Waals surface area (Å²) in [7, 11) is 1.65. The second-order valence-corrected chi connectivity index (χ2v) is 3.44. The Morgan fingerprint density at radius 3 is 2.47 bits per heavy atom. The molecule has 1 rings (SSSR count). The lowest BCUT2D eigenvalue weighted by molar-refractivity contribution is -0.137. The first-order valence-corrected chi connectivity index (χ1v) is 4.68. The van der Waals surface area contributed by atoms with E-state index < -0.39 is 11.7 Å². The van der Waals surface area contributed by atoms with E-state index in [2.05, 4.69) is 4.98 Å². The van der Waals surface area contributed by atoms with Crippen LogP contribution in [0.3, 0.4) is 0 Å². The van der Waals surface area contributed by atoms with Crippen molar-refractivity contribution in [2.75, 3.05) is 18.5 Å². The van der Waals surface area contributed by atoms with Crippen LogP contribution in [-0.4, -0.2) is 18.6 Å². The zero-order valence-corrected chi connectivity index (χ0v) is 9.02. The van der Waals surface area contributed by atoms with Crippen molar-refractivity contribution < 1.29 is 13.2 Å². The zero-order chi connectivity index (χ0) is 11.6. The maximum atomic E-state index is 12.4. The van der Waals surface area contributed by atoms with Crippen LogP contribution >= 0.6 is 11.6 Å². The summed E-state index contributed by atoms with van der Waals surface area (Å²) >= 11 is 5.52. The van der Waals surface area contributed by atoms with Gasteiger partial charge in [0.15, 0.2) is 0 Å². The van der Waals surface area contributed by atoms with Crippen LogP contribution < -0.4 is 4.90 Å². The number of halogens is 4. The molecule has 0 spiro atoms. The Labute approximate surface area is 90.7 Å². The fourth-order valence-corrected chi connectivity index (χ4v) is 1.21. The molecule has 0 aliphatic carbocycles. The minimum atomic E-state index is -4.39. The van der Waals surface area contributed by atoms with Gasteiger partial charge >= 0.3 is 6.18 Å². The molecular weight excluding hydrogens is 229 g/mol. The first kappa shape index (κ1) is 12.1. The minimum absolute atomic E-state index is 0.153. The molecule has 0 saturated carbocycles. The van der Waals surface area contributed by atoms with Crippen LogP contribution in [0.2, 0.25) is 5.15 Å². The SMILES string of the molecule is CCN(C)c1cc(C(F)(F)F)cc(Cl)n1. The highest BCUT2D eigenvalue weighted by Gasteiger charge is 2.31. The Balaban J connectivity index is 3.17. The Morgan fingerprint density at radius 2 is 2.00 bits per heavy atom. The van der Waals surface area contributed by atoms with Crippen molar-refractivity contribution in [3.05, 3.63) is 22.8 Å². The summed E-state index contributed by atoms with van der Waals surface area (Å²) in [4.78, 5) is 5.39. The van der Waals surface area contributed by atoms with Crippen LogP contribution in [-0.2, 0) is 6.18 Å². The molecule has 0 bridgehead atoms. The minimum Gasteiger partial charge on any atom is -0.360 e. The number of nitrogens with zero attached hydrogens (tertiary/aromatic N) is 2. The molecule has 0 fully saturated rings. The first-order valence-electron chi connectivity index (χ1n) is 4.30. The van der Waals surface area contributed by atoms with E-state index in [9.17, 15) is 13.2 Å². The maximum Gasteiger partial charge on any atom is 0.416 e. The normalized spacial score (nSPS) is 11.6. The van der Waals surface area contributed by atoms with Crippen LogP contribution in [0, 0.1) is 0 Å². The summed E-state index contributed by atoms with van der Waals surface area (Å²) in [6.45, 7) is 2.38. The summed E-state index contributed by atoms with van der Waals surface area (Å²) in [5.41, 5.74) is -0.780. The van der Waals surface area contributed by atoms with Crippen molar-refractivity contribution in [1.82, 2.24) is 4.98 Å². The molecule has 84 valence electrons. The van der Waals surface area contributed by atoms with Gasteiger partial charge in [0.2, 0.25) is 0 Å². The molecule has 0 N–H and O–H groups in total. The molecule has 0 radical (unpaired) electrons. The second-order valence-electron chi connectivity index (χ2n) is 3.05. The molecule has 0 unspecified atom stereocenters. The quantitative estimate of drug-likeness (QED) is 0.736. The lowest BCUT2D eigenvalue weighted by atomic mass is 10.2. The van der Waals surface area contributed by atoms with Crippen molar-refractivity contribution in [2.24, 2.45) is 0 Å². The van der Waals surface area contributed by atoms with Gasteiger partial charge in [-0.15, -0.1) is 0 Å². The Bertz CT molecular complexity index is 352. The van der Waals surface area contributed by atoms with Crippen LogP contribution in [0.5, 0.6) is 0 Å². The van der Waals surface area contributed by atoms with Gasteiger partial charge in [-0.2, -0.15) is 13.2 Å². The number of hydrogen-bond donors (Lipinski definition) is 0. The zero-order valence-electron chi connectivity index (χ0n) is 8.27. The van der Waals surface area contributed by atoms with E-state index in [0.717, 1.165) is 12.1 Å². The third-order valence-corrected chi connectivity index (χ3v) is 2.17. The molecule has 0 aliphatic rings. The molecule has 1 heterocycles. The van der Waals surface area contributed by atoms with E-state index in [1.165, 1.54) is 0 Å². The number of pyridine rings is 1. The third kappa shape index (κ3) is 2.99. The molecule has 2 nitrogen and oxygen atoms in total. The summed E-state index contributed by atoms with van der Waals surface area (Å²) in [6.07, 6.45) is -4.39. The van der Waals surface area contributed by atoms with Crippen molar-refractivity contribution in [3.8, 4) is 0 Å². The highest BCUT2D eigenvalue weighted by molar-refractivity contribution is 6.29. The molecule has 0 aromatic carbocycles. The van der Waals surface area contributed by atoms with E-state index in [1.54, 1.807) is 11.9 Å². The van der Waals surface area contributed by atoms with Gasteiger partial charge in [-0.1, -0.05) is 11.6 Å². The molecule has 0 saturated heterocycles. The summed E-state index contributed by atoms with van der Waals surface area (Å²) in [6, 6.07) is 1.80. The van der Waals surface area contributed by atoms with Crippen LogP contribution in [0.15, 0.2) is 12.1 Å². The highest BCUT2D eigenvalue weighted by Crippen LogP contribution is 2.32. The third-order valence-electron chi connectivity index (χ3n) is 1.97. The molecule has 6 heteroatoms. The maximum absolute atomic E-state index is 12.4. The van der Waals surface area contributed by atoms with Gasteiger partial charge in [0.25, 0.3) is 0 Å². The van der Waals surface area contributed by atoms with Crippen molar-refractivity contribution in [2.45, 2.75) is 13.1 Å². The number of hydrogen-bond acceptors (Lipinski definition) is 2. The predicted molar refractivity (Wildman–Crippen MR) is 53.2 cm³/mol. The molecule has 15 heavy (non-hydrogen) atoms. The molecular formula is C9H10ClF3N2. The largest absolute Gasteiger partial charge is 0.416 e. The Hall–Kier alpha value is -0.970. The Morgan fingerprint density at radius 1 is 1.40 bits per heavy atom. The van der Waals surface area contributed by atoms with E-state index in [4.69, 9.17) is 11.6 Å². The second kappa shape index (κ2) is 4.26. The highest BCUT2D eigenvalue weighted by atomic mass is 35.5. The topological polar surface area (TPSA) is 16.1 Å². The standard InChI is InChI=1S/C9H10ClF3N2/c1-3-15(2)8-5-6(9(11,12)13)4-7(10)14-8/h4-5H,3H2,1-2H3. The molecule has 0 aliphatic heterocycles. The van der Waals surface area contributed by atoms with Crippen LogP contribution in [0.25, 0.3) is 0 Å². The van der Waals surface area contributed by atoms with Gasteiger partial charge in [-0.3, -0.25) is 0 Å². The number of rotatable bonds is 2. The molecule has 0 amide bonds. The lowest BCUT2D eigenvalue weighted by Crippen LogP contribution is -2.18. The molecule has 1 aromatic heterocycles. The van der Waals surface area contributed by atoms with Crippen molar-refractivity contribution >= 4 is 17.4 Å². The van der Waals surface area contributed by atoms with Gasteiger partial charge in [-0.25, -0.2) is 4.98 Å². The average Bonchev–Trinajstić information content (AvgIpc) is 2.14. The first-order chi connectivity index (χ1) is 6.84. The van der Waals surface area contributed by atoms with Crippen molar-refractivity contribution in [3.63, 3.8) is 0 Å². The summed E-state index contributed by atoms with van der Waals surface area (Å²) in [5, 5.41) is -0.153. The van der Waals surface area contributed by atoms with Crippen LogP contribution in [0.1, 0.15) is 12.5 Å². The van der Waals surface area contributed by atoms with Gasteiger partial charge in [-0.05, 0) is 19.1 Å². The summed E-state index contributed by atoms with van der Waals surface area (Å²) in [5.74, 6) is 0.220. The smallest absolute Gasteiger partial charge is 0.360 e. The molecule has 1 aromatic rings. The van der Waals surface area contributed by atoms with Gasteiger partial charge in [0.1, 0.15) is 11.0 Å². The van der Waals surface area contributed by atoms with E-state index >= 15 is 0 Å². The lowest BCUT2D eigenvalue weighted by Gasteiger charge is -2.17. The fourth-order valence-electron chi connectivity index (χ4n) is 1.00. The van der Waals surface area contributed by atoms with Gasteiger partial charge in [0, 0.05) is 13.6 Å². The monoisotopic (exact) mass is 238 g/mol. The molecule has 0 atom stereocenters. The Kier molecular flexibility index (Phi) is 3.44. The number of anilines is 1. The van der Waals surface area contributed by atoms with Gasteiger partial charge in [0.05, 0.1) is 5.56 Å². The van der Waals surface area contributed by atoms with Crippen LogP contribution in [0.4, 0.5) is 19.0 Å². The van der Waals surface area contributed by atoms with E-state index in [0.29, 0.717) is 6.54 Å². The van der Waals surface area contributed by atoms with E-state index in [-0.39, 0.29) is 11.0 Å². The number of alkyl halides is 3.